The number of aromatic nitrogens is 2. The van der Waals surface area contributed by atoms with E-state index < -0.39 is 0 Å². The van der Waals surface area contributed by atoms with Gasteiger partial charge >= 0.3 is 0 Å². The smallest absolute Gasteiger partial charge is 0.245 e. The first-order valence-corrected chi connectivity index (χ1v) is 6.69. The van der Waals surface area contributed by atoms with Gasteiger partial charge < -0.3 is 4.74 Å². The zero-order valence-corrected chi connectivity index (χ0v) is 10.9. The molecule has 102 valence electrons. The van der Waals surface area contributed by atoms with E-state index in [4.69, 9.17) is 4.74 Å². The minimum absolute atomic E-state index is 0.0543. The van der Waals surface area contributed by atoms with Crippen molar-refractivity contribution in [1.82, 2.24) is 15.4 Å². The van der Waals surface area contributed by atoms with E-state index in [1.807, 2.05) is 0 Å². The summed E-state index contributed by atoms with van der Waals surface area (Å²) >= 11 is 0. The third-order valence-electron chi connectivity index (χ3n) is 4.21. The van der Waals surface area contributed by atoms with Crippen molar-refractivity contribution in [2.24, 2.45) is 17.8 Å². The van der Waals surface area contributed by atoms with Gasteiger partial charge in [0.25, 0.3) is 0 Å². The predicted octanol–water partition coefficient (Wildman–Crippen LogP) is 1.36. The largest absolute Gasteiger partial charge is 0.481 e. The van der Waals surface area contributed by atoms with E-state index in [1.54, 1.807) is 19.4 Å². The maximum Gasteiger partial charge on any atom is 0.245 e. The zero-order valence-electron chi connectivity index (χ0n) is 10.9. The maximum atomic E-state index is 12.1. The van der Waals surface area contributed by atoms with Crippen LogP contribution in [0.15, 0.2) is 12.3 Å². The number of fused-ring (bicyclic) bond motifs is 2. The summed E-state index contributed by atoms with van der Waals surface area (Å²) in [5.74, 6) is 2.34. The maximum absolute atomic E-state index is 12.1. The Morgan fingerprint density at radius 3 is 3.00 bits per heavy atom. The van der Waals surface area contributed by atoms with Crippen molar-refractivity contribution in [3.05, 3.63) is 12.3 Å². The summed E-state index contributed by atoms with van der Waals surface area (Å²) in [7, 11) is 1.54. The fourth-order valence-corrected chi connectivity index (χ4v) is 3.29. The lowest BCUT2D eigenvalue weighted by Crippen LogP contribution is -2.37. The van der Waals surface area contributed by atoms with E-state index in [2.05, 4.69) is 20.8 Å². The van der Waals surface area contributed by atoms with Gasteiger partial charge in [-0.05, 0) is 31.1 Å². The highest BCUT2D eigenvalue weighted by atomic mass is 16.5. The lowest BCUT2D eigenvalue weighted by Gasteiger charge is -2.20. The van der Waals surface area contributed by atoms with Crippen LogP contribution in [0.5, 0.6) is 5.88 Å². The van der Waals surface area contributed by atoms with Crippen LogP contribution in [0.25, 0.3) is 0 Å². The Labute approximate surface area is 111 Å². The highest BCUT2D eigenvalue weighted by Gasteiger charge is 2.43. The summed E-state index contributed by atoms with van der Waals surface area (Å²) in [5, 5.41) is 0. The summed E-state index contributed by atoms with van der Waals surface area (Å²) < 4.78 is 5.00. The number of hydrogen-bond acceptors (Lipinski definition) is 5. The van der Waals surface area contributed by atoms with Crippen molar-refractivity contribution < 1.29 is 9.53 Å². The van der Waals surface area contributed by atoms with Crippen molar-refractivity contribution >= 4 is 11.9 Å². The Morgan fingerprint density at radius 2 is 2.32 bits per heavy atom. The molecule has 3 rings (SSSR count). The third-order valence-corrected chi connectivity index (χ3v) is 4.21. The quantitative estimate of drug-likeness (QED) is 0.801. The van der Waals surface area contributed by atoms with Crippen LogP contribution in [0, 0.1) is 17.8 Å². The molecule has 2 fully saturated rings. The van der Waals surface area contributed by atoms with E-state index in [9.17, 15) is 4.79 Å². The van der Waals surface area contributed by atoms with Gasteiger partial charge in [0.1, 0.15) is 0 Å². The van der Waals surface area contributed by atoms with Gasteiger partial charge in [0, 0.05) is 18.2 Å². The molecule has 2 bridgehead atoms. The minimum atomic E-state index is 0.0543. The SMILES string of the molecule is COc1ccnc(NNC(=O)[C@@H]2C[C@H]3CC[C@H]2C3)n1. The molecule has 0 unspecified atom stereocenters. The van der Waals surface area contributed by atoms with Gasteiger partial charge in [-0.1, -0.05) is 6.42 Å². The van der Waals surface area contributed by atoms with Crippen LogP contribution in [-0.4, -0.2) is 23.0 Å². The minimum Gasteiger partial charge on any atom is -0.481 e. The van der Waals surface area contributed by atoms with Crippen molar-refractivity contribution in [2.75, 3.05) is 12.5 Å². The van der Waals surface area contributed by atoms with Crippen LogP contribution in [0.2, 0.25) is 0 Å². The number of carbonyl (C=O) groups excluding carboxylic acids is 1. The Bertz CT molecular complexity index is 479. The molecule has 0 aliphatic heterocycles. The third kappa shape index (κ3) is 2.47. The van der Waals surface area contributed by atoms with E-state index in [0.29, 0.717) is 17.7 Å². The fourth-order valence-electron chi connectivity index (χ4n) is 3.29. The van der Waals surface area contributed by atoms with Crippen LogP contribution in [0.4, 0.5) is 5.95 Å². The normalized spacial score (nSPS) is 28.2. The number of hydrazine groups is 1. The van der Waals surface area contributed by atoms with E-state index in [-0.39, 0.29) is 11.8 Å². The second-order valence-corrected chi connectivity index (χ2v) is 5.32. The number of nitrogens with zero attached hydrogens (tertiary/aromatic N) is 2. The lowest BCUT2D eigenvalue weighted by molar-refractivity contribution is -0.126. The number of anilines is 1. The van der Waals surface area contributed by atoms with Gasteiger partial charge in [-0.15, -0.1) is 0 Å². The average molecular weight is 262 g/mol. The monoisotopic (exact) mass is 262 g/mol. The number of ether oxygens (including phenoxy) is 1. The van der Waals surface area contributed by atoms with Crippen molar-refractivity contribution in [2.45, 2.75) is 25.7 Å². The van der Waals surface area contributed by atoms with E-state index in [0.717, 1.165) is 12.3 Å². The number of carbonyl (C=O) groups is 1. The number of nitrogens with one attached hydrogen (secondary N) is 2. The van der Waals surface area contributed by atoms with Gasteiger partial charge in [0.15, 0.2) is 0 Å². The van der Waals surface area contributed by atoms with Crippen molar-refractivity contribution in [3.63, 3.8) is 0 Å². The predicted molar refractivity (Wildman–Crippen MR) is 69.3 cm³/mol. The molecule has 2 N–H and O–H groups in total. The molecule has 1 aromatic rings. The molecule has 19 heavy (non-hydrogen) atoms. The number of methoxy groups -OCH3 is 1. The molecule has 0 spiro atoms. The molecule has 3 atom stereocenters. The summed E-state index contributed by atoms with van der Waals surface area (Å²) in [6.07, 6.45) is 6.31. The van der Waals surface area contributed by atoms with Crippen LogP contribution in [-0.2, 0) is 4.79 Å². The molecule has 1 heterocycles. The lowest BCUT2D eigenvalue weighted by atomic mass is 9.88. The molecule has 1 amide bonds. The van der Waals surface area contributed by atoms with Crippen LogP contribution < -0.4 is 15.6 Å². The Balaban J connectivity index is 1.55. The first kappa shape index (κ1) is 12.2. The van der Waals surface area contributed by atoms with Gasteiger partial charge in [-0.3, -0.25) is 15.6 Å². The molecule has 2 saturated carbocycles. The Morgan fingerprint density at radius 1 is 1.42 bits per heavy atom. The number of amides is 1. The molecule has 6 nitrogen and oxygen atoms in total. The molecule has 1 aromatic heterocycles. The van der Waals surface area contributed by atoms with Gasteiger partial charge in [0.05, 0.1) is 7.11 Å². The standard InChI is InChI=1S/C13H18N4O2/c1-19-11-4-5-14-13(15-11)17-16-12(18)10-7-8-2-3-9(10)6-8/h4-5,8-10H,2-3,6-7H2,1H3,(H,16,18)(H,14,15,17)/t8-,9-,10+/m0/s1. The summed E-state index contributed by atoms with van der Waals surface area (Å²) in [5.41, 5.74) is 5.46. The number of hydrogen-bond donors (Lipinski definition) is 2. The van der Waals surface area contributed by atoms with Crippen LogP contribution >= 0.6 is 0 Å². The first-order chi connectivity index (χ1) is 9.26. The molecule has 2 aliphatic carbocycles. The van der Waals surface area contributed by atoms with E-state index >= 15 is 0 Å². The molecular weight excluding hydrogens is 244 g/mol. The van der Waals surface area contributed by atoms with Crippen molar-refractivity contribution in [1.29, 1.82) is 0 Å². The molecule has 0 aromatic carbocycles. The second kappa shape index (κ2) is 5.03. The molecule has 2 aliphatic rings. The molecular formula is C13H18N4O2. The molecule has 0 saturated heterocycles. The second-order valence-electron chi connectivity index (χ2n) is 5.32. The van der Waals surface area contributed by atoms with Gasteiger partial charge in [-0.25, -0.2) is 4.98 Å². The van der Waals surface area contributed by atoms with Crippen molar-refractivity contribution in [3.8, 4) is 5.88 Å². The highest BCUT2D eigenvalue weighted by Crippen LogP contribution is 2.48. The number of rotatable bonds is 4. The highest BCUT2D eigenvalue weighted by molar-refractivity contribution is 5.80. The first-order valence-electron chi connectivity index (χ1n) is 6.69. The summed E-state index contributed by atoms with van der Waals surface area (Å²) in [4.78, 5) is 20.2. The summed E-state index contributed by atoms with van der Waals surface area (Å²) in [6.45, 7) is 0. The van der Waals surface area contributed by atoms with Crippen LogP contribution in [0.1, 0.15) is 25.7 Å². The van der Waals surface area contributed by atoms with E-state index in [1.165, 1.54) is 19.3 Å². The summed E-state index contributed by atoms with van der Waals surface area (Å²) in [6, 6.07) is 1.66. The Kier molecular flexibility index (Phi) is 3.23. The average Bonchev–Trinajstić information content (AvgIpc) is 3.07. The topological polar surface area (TPSA) is 76.1 Å². The van der Waals surface area contributed by atoms with Gasteiger partial charge in [-0.2, -0.15) is 4.98 Å². The van der Waals surface area contributed by atoms with Gasteiger partial charge in [0.2, 0.25) is 17.7 Å². The Hall–Kier alpha value is -1.85. The molecule has 6 heteroatoms. The fraction of sp³-hybridized carbons (Fsp3) is 0.615. The zero-order chi connectivity index (χ0) is 13.2. The molecule has 0 radical (unpaired) electrons. The van der Waals surface area contributed by atoms with Crippen LogP contribution in [0.3, 0.4) is 0 Å².